The van der Waals surface area contributed by atoms with Gasteiger partial charge in [0.15, 0.2) is 11.6 Å². The lowest BCUT2D eigenvalue weighted by atomic mass is 10.1. The Bertz CT molecular complexity index is 1040. The summed E-state index contributed by atoms with van der Waals surface area (Å²) in [4.78, 5) is 2.84. The Morgan fingerprint density at radius 3 is 2.83 bits per heavy atom. The van der Waals surface area contributed by atoms with Crippen molar-refractivity contribution in [3.63, 3.8) is 0 Å². The average Bonchev–Trinajstić information content (AvgIpc) is 3.12. The predicted octanol–water partition coefficient (Wildman–Crippen LogP) is 5.78. The van der Waals surface area contributed by atoms with Crippen LogP contribution in [-0.4, -0.2) is 23.8 Å². The van der Waals surface area contributed by atoms with Crippen LogP contribution in [0.15, 0.2) is 53.8 Å². The minimum atomic E-state index is -0.393. The third-order valence-corrected chi connectivity index (χ3v) is 5.47. The van der Waals surface area contributed by atoms with E-state index in [-0.39, 0.29) is 18.5 Å². The van der Waals surface area contributed by atoms with E-state index in [1.165, 1.54) is 6.07 Å². The van der Waals surface area contributed by atoms with Crippen LogP contribution in [0.3, 0.4) is 0 Å². The summed E-state index contributed by atoms with van der Waals surface area (Å²) in [6.07, 6.45) is 5.97. The van der Waals surface area contributed by atoms with Crippen LogP contribution in [-0.2, 0) is 24.3 Å². The van der Waals surface area contributed by atoms with Crippen LogP contribution in [0.4, 0.5) is 4.39 Å². The molecule has 2 aromatic carbocycles. The topological polar surface area (TPSA) is 72.2 Å². The fourth-order valence-corrected chi connectivity index (χ4v) is 4.02. The first-order chi connectivity index (χ1) is 14.8. The molecule has 1 unspecified atom stereocenters. The maximum atomic E-state index is 14.8. The van der Waals surface area contributed by atoms with Crippen LogP contribution < -0.4 is 4.74 Å². The molecule has 1 aliphatic rings. The summed E-state index contributed by atoms with van der Waals surface area (Å²) >= 11 is 0. The molecule has 1 aromatic heterocycles. The summed E-state index contributed by atoms with van der Waals surface area (Å²) in [5.41, 5.74) is 11.4. The van der Waals surface area contributed by atoms with E-state index in [4.69, 9.17) is 15.0 Å². The molecule has 30 heavy (non-hydrogen) atoms. The predicted molar refractivity (Wildman–Crippen MR) is 114 cm³/mol. The van der Waals surface area contributed by atoms with Crippen LogP contribution >= 0.6 is 0 Å². The molecule has 156 valence electrons. The van der Waals surface area contributed by atoms with Crippen LogP contribution in [0.2, 0.25) is 0 Å². The van der Waals surface area contributed by atoms with Crippen molar-refractivity contribution in [2.75, 3.05) is 13.2 Å². The molecule has 4 rings (SSSR count). The molecule has 3 aromatic rings. The van der Waals surface area contributed by atoms with Gasteiger partial charge in [-0.1, -0.05) is 35.4 Å². The van der Waals surface area contributed by atoms with Crippen molar-refractivity contribution in [1.29, 1.82) is 0 Å². The Kier molecular flexibility index (Phi) is 6.52. The Morgan fingerprint density at radius 1 is 1.20 bits per heavy atom. The minimum Gasteiger partial charge on any atom is -0.485 e. The van der Waals surface area contributed by atoms with E-state index in [2.05, 4.69) is 14.6 Å². The number of fused-ring (bicyclic) bond motifs is 1. The fourth-order valence-electron chi connectivity index (χ4n) is 4.02. The summed E-state index contributed by atoms with van der Waals surface area (Å²) in [5, 5.41) is 4.40. The molecule has 2 heterocycles. The lowest BCUT2D eigenvalue weighted by molar-refractivity contribution is 0.00668. The second-order valence-electron chi connectivity index (χ2n) is 7.54. The second kappa shape index (κ2) is 9.65. The SMILES string of the molecule is [N-]=[N+]=NCCc1cn(CC2CCCCO2)c2ccc(F)c(OCc3ccccc3)c12. The first-order valence-electron chi connectivity index (χ1n) is 10.4. The summed E-state index contributed by atoms with van der Waals surface area (Å²) in [5.74, 6) is -0.147. The van der Waals surface area contributed by atoms with E-state index in [9.17, 15) is 4.39 Å². The zero-order valence-corrected chi connectivity index (χ0v) is 16.8. The van der Waals surface area contributed by atoms with Gasteiger partial charge in [-0.3, -0.25) is 0 Å². The van der Waals surface area contributed by atoms with Gasteiger partial charge in [0.1, 0.15) is 6.61 Å². The smallest absolute Gasteiger partial charge is 0.165 e. The highest BCUT2D eigenvalue weighted by atomic mass is 19.1. The third-order valence-electron chi connectivity index (χ3n) is 5.47. The van der Waals surface area contributed by atoms with Gasteiger partial charge in [-0.2, -0.15) is 0 Å². The quantitative estimate of drug-likeness (QED) is 0.269. The molecule has 6 nitrogen and oxygen atoms in total. The zero-order valence-electron chi connectivity index (χ0n) is 16.8. The molecule has 1 aliphatic heterocycles. The van der Waals surface area contributed by atoms with Crippen LogP contribution in [0, 0.1) is 5.82 Å². The number of azide groups is 1. The van der Waals surface area contributed by atoms with Crippen molar-refractivity contribution in [1.82, 2.24) is 4.57 Å². The number of nitrogens with zero attached hydrogens (tertiary/aromatic N) is 4. The highest BCUT2D eigenvalue weighted by Gasteiger charge is 2.20. The molecule has 1 atom stereocenters. The number of hydrogen-bond acceptors (Lipinski definition) is 3. The molecule has 7 heteroatoms. The molecule has 0 spiro atoms. The van der Waals surface area contributed by atoms with Gasteiger partial charge >= 0.3 is 0 Å². The van der Waals surface area contributed by atoms with Crippen molar-refractivity contribution >= 4 is 10.9 Å². The van der Waals surface area contributed by atoms with Crippen LogP contribution in [0.5, 0.6) is 5.75 Å². The lowest BCUT2D eigenvalue weighted by Gasteiger charge is -2.23. The molecule has 0 radical (unpaired) electrons. The fraction of sp³-hybridized carbons (Fsp3) is 0.391. The molecular formula is C23H25FN4O2. The standard InChI is InChI=1S/C23H25FN4O2/c24-20-9-10-21-22(23(20)30-16-17-6-2-1-3-7-17)18(11-12-26-27-25)14-28(21)15-19-8-4-5-13-29-19/h1-3,6-7,9-10,14,19H,4-5,8,11-13,15-16H2. The zero-order chi connectivity index (χ0) is 20.8. The summed E-state index contributed by atoms with van der Waals surface area (Å²) < 4.78 is 28.8. The van der Waals surface area contributed by atoms with Crippen molar-refractivity contribution in [3.05, 3.63) is 76.0 Å². The molecule has 1 fully saturated rings. The van der Waals surface area contributed by atoms with Crippen molar-refractivity contribution in [3.8, 4) is 5.75 Å². The van der Waals surface area contributed by atoms with E-state index >= 15 is 0 Å². The largest absolute Gasteiger partial charge is 0.485 e. The number of aromatic nitrogens is 1. The Labute approximate surface area is 174 Å². The maximum absolute atomic E-state index is 14.8. The average molecular weight is 408 g/mol. The van der Waals surface area contributed by atoms with Crippen LogP contribution in [0.1, 0.15) is 30.4 Å². The molecule has 0 N–H and O–H groups in total. The van der Waals surface area contributed by atoms with Gasteiger partial charge in [0, 0.05) is 36.2 Å². The molecule has 0 aliphatic carbocycles. The Morgan fingerprint density at radius 2 is 2.07 bits per heavy atom. The Hall–Kier alpha value is -3.02. The van der Waals surface area contributed by atoms with Gasteiger partial charge in [0.05, 0.1) is 11.6 Å². The van der Waals surface area contributed by atoms with Gasteiger partial charge < -0.3 is 14.0 Å². The Balaban J connectivity index is 1.69. The van der Waals surface area contributed by atoms with Gasteiger partial charge in [0.2, 0.25) is 0 Å². The summed E-state index contributed by atoms with van der Waals surface area (Å²) in [7, 11) is 0. The minimum absolute atomic E-state index is 0.151. The van der Waals surface area contributed by atoms with Crippen molar-refractivity contribution in [2.45, 2.75) is 44.9 Å². The van der Waals surface area contributed by atoms with Crippen molar-refractivity contribution in [2.24, 2.45) is 5.11 Å². The van der Waals surface area contributed by atoms with Crippen molar-refractivity contribution < 1.29 is 13.9 Å². The third kappa shape index (κ3) is 4.58. The molecule has 0 amide bonds. The highest BCUT2D eigenvalue weighted by molar-refractivity contribution is 5.90. The number of hydrogen-bond donors (Lipinski definition) is 0. The van der Waals surface area contributed by atoms with E-state index in [0.29, 0.717) is 19.5 Å². The van der Waals surface area contributed by atoms with Gasteiger partial charge in [-0.15, -0.1) is 0 Å². The van der Waals surface area contributed by atoms with Gasteiger partial charge in [-0.05, 0) is 54.5 Å². The number of ether oxygens (including phenoxy) is 2. The van der Waals surface area contributed by atoms with Gasteiger partial charge in [-0.25, -0.2) is 4.39 Å². The first-order valence-corrected chi connectivity index (χ1v) is 10.4. The maximum Gasteiger partial charge on any atom is 0.165 e. The highest BCUT2D eigenvalue weighted by Crippen LogP contribution is 2.35. The monoisotopic (exact) mass is 408 g/mol. The number of halogens is 1. The summed E-state index contributed by atoms with van der Waals surface area (Å²) in [6, 6.07) is 13.0. The number of rotatable bonds is 8. The summed E-state index contributed by atoms with van der Waals surface area (Å²) in [6.45, 7) is 2.09. The molecular weight excluding hydrogens is 383 g/mol. The van der Waals surface area contributed by atoms with E-state index in [0.717, 1.165) is 47.9 Å². The lowest BCUT2D eigenvalue weighted by Crippen LogP contribution is -2.24. The first kappa shape index (κ1) is 20.3. The molecule has 0 saturated carbocycles. The van der Waals surface area contributed by atoms with E-state index in [1.807, 2.05) is 36.5 Å². The molecule has 1 saturated heterocycles. The normalized spacial score (nSPS) is 16.4. The van der Waals surface area contributed by atoms with Gasteiger partial charge in [0.25, 0.3) is 0 Å². The van der Waals surface area contributed by atoms with Crippen LogP contribution in [0.25, 0.3) is 21.3 Å². The van der Waals surface area contributed by atoms with E-state index in [1.54, 1.807) is 6.07 Å². The molecule has 0 bridgehead atoms. The number of benzene rings is 2. The van der Waals surface area contributed by atoms with E-state index < -0.39 is 5.82 Å². The second-order valence-corrected chi connectivity index (χ2v) is 7.54.